The van der Waals surface area contributed by atoms with Crippen molar-refractivity contribution in [3.05, 3.63) is 54.1 Å². The topological polar surface area (TPSA) is 50.4 Å². The summed E-state index contributed by atoms with van der Waals surface area (Å²) in [5, 5.41) is 6.31. The van der Waals surface area contributed by atoms with Crippen molar-refractivity contribution >= 4 is 17.3 Å². The second-order valence-corrected chi connectivity index (χ2v) is 5.60. The van der Waals surface area contributed by atoms with Crippen molar-refractivity contribution in [3.63, 3.8) is 0 Å². The lowest BCUT2D eigenvalue weighted by atomic mass is 10.1. The first-order chi connectivity index (χ1) is 11.1. The molecule has 0 fully saturated rings. The van der Waals surface area contributed by atoms with E-state index in [9.17, 15) is 4.79 Å². The van der Waals surface area contributed by atoms with Crippen LogP contribution in [0.25, 0.3) is 0 Å². The molecule has 2 N–H and O–H groups in total. The van der Waals surface area contributed by atoms with Gasteiger partial charge in [-0.3, -0.25) is 4.79 Å². The Morgan fingerprint density at radius 2 is 1.65 bits per heavy atom. The van der Waals surface area contributed by atoms with Crippen LogP contribution in [-0.2, 0) is 11.2 Å². The Labute approximate surface area is 137 Å². The van der Waals surface area contributed by atoms with Crippen LogP contribution in [-0.4, -0.2) is 19.1 Å². The molecule has 122 valence electrons. The molecule has 0 spiro atoms. The van der Waals surface area contributed by atoms with Crippen LogP contribution in [0.1, 0.15) is 25.8 Å². The maximum absolute atomic E-state index is 12.1. The molecule has 1 unspecified atom stereocenters. The highest BCUT2D eigenvalue weighted by atomic mass is 16.5. The smallest absolute Gasteiger partial charge is 0.228 e. The zero-order chi connectivity index (χ0) is 16.7. The molecule has 0 saturated heterocycles. The van der Waals surface area contributed by atoms with Crippen molar-refractivity contribution in [3.8, 4) is 5.75 Å². The van der Waals surface area contributed by atoms with Gasteiger partial charge in [-0.2, -0.15) is 0 Å². The van der Waals surface area contributed by atoms with E-state index in [4.69, 9.17) is 4.74 Å². The molecule has 0 aliphatic rings. The van der Waals surface area contributed by atoms with Crippen LogP contribution < -0.4 is 15.4 Å². The third-order valence-corrected chi connectivity index (χ3v) is 3.72. The van der Waals surface area contributed by atoms with Gasteiger partial charge in [0.05, 0.1) is 13.5 Å². The second kappa shape index (κ2) is 8.22. The lowest BCUT2D eigenvalue weighted by Gasteiger charge is -2.13. The highest BCUT2D eigenvalue weighted by Crippen LogP contribution is 2.16. The molecule has 1 atom stereocenters. The Morgan fingerprint density at radius 1 is 1.04 bits per heavy atom. The molecular weight excluding hydrogens is 288 g/mol. The molecule has 0 heterocycles. The predicted octanol–water partition coefficient (Wildman–Crippen LogP) is 4.09. The Morgan fingerprint density at radius 3 is 2.22 bits per heavy atom. The van der Waals surface area contributed by atoms with Gasteiger partial charge < -0.3 is 15.4 Å². The molecule has 23 heavy (non-hydrogen) atoms. The molecule has 0 aromatic heterocycles. The van der Waals surface area contributed by atoms with Gasteiger partial charge in [0.1, 0.15) is 5.75 Å². The van der Waals surface area contributed by atoms with Crippen molar-refractivity contribution in [1.82, 2.24) is 0 Å². The minimum atomic E-state index is -0.0298. The summed E-state index contributed by atoms with van der Waals surface area (Å²) in [5.41, 5.74) is 2.82. The maximum Gasteiger partial charge on any atom is 0.228 e. The Kier molecular flexibility index (Phi) is 6.03. The normalized spacial score (nSPS) is 11.6. The molecule has 0 aliphatic carbocycles. The second-order valence-electron chi connectivity index (χ2n) is 5.60. The number of anilines is 2. The fourth-order valence-corrected chi connectivity index (χ4v) is 2.17. The molecule has 0 bridgehead atoms. The van der Waals surface area contributed by atoms with Crippen LogP contribution in [0.5, 0.6) is 5.75 Å². The first kappa shape index (κ1) is 16.9. The highest BCUT2D eigenvalue weighted by Gasteiger charge is 2.05. The van der Waals surface area contributed by atoms with Crippen LogP contribution in [0.15, 0.2) is 48.5 Å². The number of rotatable bonds is 7. The van der Waals surface area contributed by atoms with Gasteiger partial charge in [-0.25, -0.2) is 0 Å². The molecule has 0 saturated carbocycles. The van der Waals surface area contributed by atoms with E-state index in [0.29, 0.717) is 12.5 Å². The van der Waals surface area contributed by atoms with E-state index in [0.717, 1.165) is 29.1 Å². The van der Waals surface area contributed by atoms with Crippen LogP contribution >= 0.6 is 0 Å². The van der Waals surface area contributed by atoms with E-state index in [1.165, 1.54) is 0 Å². The maximum atomic E-state index is 12.1. The van der Waals surface area contributed by atoms with Crippen LogP contribution in [0.4, 0.5) is 11.4 Å². The van der Waals surface area contributed by atoms with Crippen LogP contribution in [0.2, 0.25) is 0 Å². The van der Waals surface area contributed by atoms with Crippen molar-refractivity contribution in [2.75, 3.05) is 17.7 Å². The zero-order valence-corrected chi connectivity index (χ0v) is 13.9. The third kappa shape index (κ3) is 5.33. The number of carbonyl (C=O) groups excluding carboxylic acids is 1. The van der Waals surface area contributed by atoms with Gasteiger partial charge in [0.15, 0.2) is 0 Å². The highest BCUT2D eigenvalue weighted by molar-refractivity contribution is 5.92. The summed E-state index contributed by atoms with van der Waals surface area (Å²) in [5.74, 6) is 0.761. The minimum absolute atomic E-state index is 0.0298. The number of ether oxygens (including phenoxy) is 1. The Bertz CT molecular complexity index is 621. The Hall–Kier alpha value is -2.49. The molecule has 0 radical (unpaired) electrons. The Balaban J connectivity index is 1.89. The SMILES string of the molecule is CCC(C)Nc1ccc(NC(=O)Cc2ccc(OC)cc2)cc1. The predicted molar refractivity (Wildman–Crippen MR) is 95.1 cm³/mol. The van der Waals surface area contributed by atoms with E-state index in [-0.39, 0.29) is 5.91 Å². The number of methoxy groups -OCH3 is 1. The summed E-state index contributed by atoms with van der Waals surface area (Å²) in [6.45, 7) is 4.29. The quantitative estimate of drug-likeness (QED) is 0.809. The van der Waals surface area contributed by atoms with Gasteiger partial charge in [0, 0.05) is 17.4 Å². The van der Waals surface area contributed by atoms with Gasteiger partial charge >= 0.3 is 0 Å². The fourth-order valence-electron chi connectivity index (χ4n) is 2.17. The van der Waals surface area contributed by atoms with Crippen molar-refractivity contribution < 1.29 is 9.53 Å². The third-order valence-electron chi connectivity index (χ3n) is 3.72. The summed E-state index contributed by atoms with van der Waals surface area (Å²) in [7, 11) is 1.63. The minimum Gasteiger partial charge on any atom is -0.497 e. The van der Waals surface area contributed by atoms with E-state index in [1.54, 1.807) is 7.11 Å². The summed E-state index contributed by atoms with van der Waals surface area (Å²) in [6.07, 6.45) is 1.41. The first-order valence-corrected chi connectivity index (χ1v) is 7.90. The monoisotopic (exact) mass is 312 g/mol. The van der Waals surface area contributed by atoms with E-state index in [1.807, 2.05) is 48.5 Å². The number of hydrogen-bond donors (Lipinski definition) is 2. The van der Waals surface area contributed by atoms with E-state index in [2.05, 4.69) is 24.5 Å². The average molecular weight is 312 g/mol. The number of carbonyl (C=O) groups is 1. The van der Waals surface area contributed by atoms with Gasteiger partial charge in [0.2, 0.25) is 5.91 Å². The molecule has 2 aromatic carbocycles. The summed E-state index contributed by atoms with van der Waals surface area (Å²) >= 11 is 0. The van der Waals surface area contributed by atoms with Crippen molar-refractivity contribution in [1.29, 1.82) is 0 Å². The molecule has 4 heteroatoms. The molecule has 2 rings (SSSR count). The van der Waals surface area contributed by atoms with Gasteiger partial charge in [0.25, 0.3) is 0 Å². The summed E-state index contributed by atoms with van der Waals surface area (Å²) < 4.78 is 5.11. The lowest BCUT2D eigenvalue weighted by molar-refractivity contribution is -0.115. The standard InChI is InChI=1S/C19H24N2O2/c1-4-14(2)20-16-7-9-17(10-8-16)21-19(22)13-15-5-11-18(23-3)12-6-15/h5-12,14,20H,4,13H2,1-3H3,(H,21,22). The molecule has 1 amide bonds. The molecule has 2 aromatic rings. The number of nitrogens with one attached hydrogen (secondary N) is 2. The first-order valence-electron chi connectivity index (χ1n) is 7.90. The largest absolute Gasteiger partial charge is 0.497 e. The zero-order valence-electron chi connectivity index (χ0n) is 13.9. The van der Waals surface area contributed by atoms with E-state index >= 15 is 0 Å². The lowest BCUT2D eigenvalue weighted by Crippen LogP contribution is -2.15. The van der Waals surface area contributed by atoms with Gasteiger partial charge in [-0.15, -0.1) is 0 Å². The number of hydrogen-bond acceptors (Lipinski definition) is 3. The van der Waals surface area contributed by atoms with Crippen LogP contribution in [0.3, 0.4) is 0 Å². The molecule has 0 aliphatic heterocycles. The fraction of sp³-hybridized carbons (Fsp3) is 0.316. The molecular formula is C19H24N2O2. The summed E-state index contributed by atoms with van der Waals surface area (Å²) in [6, 6.07) is 15.7. The number of amides is 1. The number of benzene rings is 2. The molecule has 4 nitrogen and oxygen atoms in total. The van der Waals surface area contributed by atoms with Crippen molar-refractivity contribution in [2.24, 2.45) is 0 Å². The van der Waals surface area contributed by atoms with Crippen molar-refractivity contribution in [2.45, 2.75) is 32.7 Å². The van der Waals surface area contributed by atoms with Crippen LogP contribution in [0, 0.1) is 0 Å². The van der Waals surface area contributed by atoms with E-state index < -0.39 is 0 Å². The average Bonchev–Trinajstić information content (AvgIpc) is 2.57. The summed E-state index contributed by atoms with van der Waals surface area (Å²) in [4.78, 5) is 12.1. The van der Waals surface area contributed by atoms with Gasteiger partial charge in [-0.05, 0) is 55.3 Å². The van der Waals surface area contributed by atoms with Gasteiger partial charge in [-0.1, -0.05) is 19.1 Å².